The Balaban J connectivity index is 2.19. The number of anilines is 1. The number of para-hydroxylation sites is 1. The molecule has 0 aromatic heterocycles. The number of hydrogen-bond acceptors (Lipinski definition) is 4. The summed E-state index contributed by atoms with van der Waals surface area (Å²) in [4.78, 5) is 12.1. The molecule has 0 heterocycles. The summed E-state index contributed by atoms with van der Waals surface area (Å²) in [6, 6.07) is 10.2. The first-order chi connectivity index (χ1) is 11.7. The Morgan fingerprint density at radius 3 is 2.56 bits per heavy atom. The van der Waals surface area contributed by atoms with Crippen LogP contribution in [0.25, 0.3) is 0 Å². The molecule has 2 rings (SSSR count). The van der Waals surface area contributed by atoms with Crippen LogP contribution in [0.4, 0.5) is 5.69 Å². The van der Waals surface area contributed by atoms with Crippen LogP contribution in [0, 0.1) is 0 Å². The largest absolute Gasteiger partial charge is 0.495 e. The Hall–Kier alpha value is -1.61. The maximum atomic E-state index is 12.6. The first-order valence-electron chi connectivity index (χ1n) is 7.16. The fourth-order valence-electron chi connectivity index (χ4n) is 2.01. The molecule has 0 saturated heterocycles. The third-order valence-corrected chi connectivity index (χ3v) is 5.76. The normalized spacial score (nSPS) is 12.5. The van der Waals surface area contributed by atoms with Crippen molar-refractivity contribution in [2.24, 2.45) is 0 Å². The molecule has 2 aromatic carbocycles. The molecule has 6 nitrogen and oxygen atoms in total. The van der Waals surface area contributed by atoms with E-state index in [1.165, 1.54) is 32.2 Å². The van der Waals surface area contributed by atoms with Crippen LogP contribution in [-0.2, 0) is 14.8 Å². The number of amides is 1. The highest BCUT2D eigenvalue weighted by molar-refractivity contribution is 9.10. The van der Waals surface area contributed by atoms with Gasteiger partial charge in [0.25, 0.3) is 0 Å². The van der Waals surface area contributed by atoms with Crippen molar-refractivity contribution in [2.75, 3.05) is 12.4 Å². The minimum absolute atomic E-state index is 0.135. The predicted octanol–water partition coefficient (Wildman–Crippen LogP) is 3.42. The SMILES string of the molecule is COc1ccc(Cl)cc1S(=O)(=O)N[C@H](C)C(=O)Nc1ccccc1Br. The van der Waals surface area contributed by atoms with Crippen molar-refractivity contribution in [3.63, 3.8) is 0 Å². The Morgan fingerprint density at radius 2 is 1.92 bits per heavy atom. The Bertz CT molecular complexity index is 889. The number of ether oxygens (including phenoxy) is 1. The number of benzene rings is 2. The van der Waals surface area contributed by atoms with Gasteiger partial charge in [-0.05, 0) is 53.2 Å². The van der Waals surface area contributed by atoms with Crippen LogP contribution in [0.2, 0.25) is 5.02 Å². The zero-order valence-corrected chi connectivity index (χ0v) is 16.6. The molecule has 0 bridgehead atoms. The van der Waals surface area contributed by atoms with E-state index < -0.39 is 22.0 Å². The van der Waals surface area contributed by atoms with Crippen molar-refractivity contribution in [3.05, 3.63) is 52.0 Å². The van der Waals surface area contributed by atoms with Crippen molar-refractivity contribution in [2.45, 2.75) is 17.9 Å². The lowest BCUT2D eigenvalue weighted by Crippen LogP contribution is -2.41. The molecule has 0 radical (unpaired) electrons. The molecule has 2 N–H and O–H groups in total. The van der Waals surface area contributed by atoms with Crippen LogP contribution in [0.1, 0.15) is 6.92 Å². The van der Waals surface area contributed by atoms with Crippen molar-refractivity contribution >= 4 is 49.1 Å². The summed E-state index contributed by atoms with van der Waals surface area (Å²) in [5, 5.41) is 2.90. The van der Waals surface area contributed by atoms with Gasteiger partial charge in [0, 0.05) is 9.50 Å². The van der Waals surface area contributed by atoms with Gasteiger partial charge >= 0.3 is 0 Å². The van der Waals surface area contributed by atoms with Crippen molar-refractivity contribution in [1.82, 2.24) is 4.72 Å². The fourth-order valence-corrected chi connectivity index (χ4v) is 4.03. The van der Waals surface area contributed by atoms with Gasteiger partial charge in [-0.2, -0.15) is 4.72 Å². The number of hydrogen-bond donors (Lipinski definition) is 2. The molecule has 0 saturated carbocycles. The molecular formula is C16H16BrClN2O4S. The summed E-state index contributed by atoms with van der Waals surface area (Å²) in [5.74, 6) is -0.369. The van der Waals surface area contributed by atoms with E-state index in [9.17, 15) is 13.2 Å². The second-order valence-corrected chi connectivity index (χ2v) is 8.08. The molecule has 0 aliphatic rings. The summed E-state index contributed by atoms with van der Waals surface area (Å²) >= 11 is 9.19. The molecule has 1 amide bonds. The average Bonchev–Trinajstić information content (AvgIpc) is 2.56. The molecule has 0 spiro atoms. The van der Waals surface area contributed by atoms with Gasteiger partial charge in [0.2, 0.25) is 15.9 Å². The first kappa shape index (κ1) is 19.7. The molecule has 0 fully saturated rings. The number of carbonyl (C=O) groups is 1. The standard InChI is InChI=1S/C16H16BrClN2O4S/c1-10(16(21)19-13-6-4-3-5-12(13)17)20-25(22,23)15-9-11(18)7-8-14(15)24-2/h3-10,20H,1-2H3,(H,19,21)/t10-/m1/s1. The van der Waals surface area contributed by atoms with Crippen LogP contribution < -0.4 is 14.8 Å². The number of methoxy groups -OCH3 is 1. The first-order valence-corrected chi connectivity index (χ1v) is 9.81. The highest BCUT2D eigenvalue weighted by Gasteiger charge is 2.25. The highest BCUT2D eigenvalue weighted by Crippen LogP contribution is 2.27. The van der Waals surface area contributed by atoms with Gasteiger partial charge in [0.05, 0.1) is 18.8 Å². The maximum Gasteiger partial charge on any atom is 0.245 e. The van der Waals surface area contributed by atoms with E-state index in [1.807, 2.05) is 0 Å². The van der Waals surface area contributed by atoms with Gasteiger partial charge in [-0.3, -0.25) is 4.79 Å². The molecule has 0 unspecified atom stereocenters. The lowest BCUT2D eigenvalue weighted by molar-refractivity contribution is -0.117. The number of carbonyl (C=O) groups excluding carboxylic acids is 1. The van der Waals surface area contributed by atoms with Crippen LogP contribution in [0.3, 0.4) is 0 Å². The summed E-state index contributed by atoms with van der Waals surface area (Å²) in [7, 11) is -2.65. The van der Waals surface area contributed by atoms with Gasteiger partial charge in [0.1, 0.15) is 10.6 Å². The van der Waals surface area contributed by atoms with Crippen LogP contribution >= 0.6 is 27.5 Å². The second kappa shape index (κ2) is 8.18. The smallest absolute Gasteiger partial charge is 0.245 e. The molecule has 25 heavy (non-hydrogen) atoms. The lowest BCUT2D eigenvalue weighted by atomic mass is 10.3. The minimum Gasteiger partial charge on any atom is -0.495 e. The maximum absolute atomic E-state index is 12.6. The minimum atomic E-state index is -4.00. The molecular weight excluding hydrogens is 432 g/mol. The van der Waals surface area contributed by atoms with Gasteiger partial charge in [-0.15, -0.1) is 0 Å². The van der Waals surface area contributed by atoms with Gasteiger partial charge < -0.3 is 10.1 Å². The molecule has 134 valence electrons. The molecule has 9 heteroatoms. The quantitative estimate of drug-likeness (QED) is 0.711. The zero-order chi connectivity index (χ0) is 18.6. The van der Waals surface area contributed by atoms with Crippen LogP contribution in [0.5, 0.6) is 5.75 Å². The van der Waals surface area contributed by atoms with E-state index in [4.69, 9.17) is 16.3 Å². The van der Waals surface area contributed by atoms with Crippen LogP contribution in [-0.4, -0.2) is 27.5 Å². The third-order valence-electron chi connectivity index (χ3n) is 3.27. The predicted molar refractivity (Wildman–Crippen MR) is 101 cm³/mol. The fraction of sp³-hybridized carbons (Fsp3) is 0.188. The van der Waals surface area contributed by atoms with Crippen molar-refractivity contribution in [3.8, 4) is 5.75 Å². The van der Waals surface area contributed by atoms with Crippen molar-refractivity contribution < 1.29 is 17.9 Å². The monoisotopic (exact) mass is 446 g/mol. The van der Waals surface area contributed by atoms with E-state index in [0.29, 0.717) is 10.2 Å². The molecule has 1 atom stereocenters. The van der Waals surface area contributed by atoms with E-state index >= 15 is 0 Å². The Morgan fingerprint density at radius 1 is 1.24 bits per heavy atom. The third kappa shape index (κ3) is 4.94. The summed E-state index contributed by atoms with van der Waals surface area (Å²) in [6.45, 7) is 1.45. The van der Waals surface area contributed by atoms with Gasteiger partial charge in [-0.1, -0.05) is 23.7 Å². The number of nitrogens with one attached hydrogen (secondary N) is 2. The molecule has 0 aliphatic carbocycles. The van der Waals surface area contributed by atoms with E-state index in [2.05, 4.69) is 26.0 Å². The van der Waals surface area contributed by atoms with E-state index in [1.54, 1.807) is 24.3 Å². The summed E-state index contributed by atoms with van der Waals surface area (Å²) in [5.41, 5.74) is 0.541. The highest BCUT2D eigenvalue weighted by atomic mass is 79.9. The number of rotatable bonds is 6. The number of halogens is 2. The summed E-state index contributed by atoms with van der Waals surface area (Å²) in [6.07, 6.45) is 0. The van der Waals surface area contributed by atoms with E-state index in [0.717, 1.165) is 0 Å². The van der Waals surface area contributed by atoms with Crippen LogP contribution in [0.15, 0.2) is 51.8 Å². The van der Waals surface area contributed by atoms with Gasteiger partial charge in [-0.25, -0.2) is 8.42 Å². The zero-order valence-electron chi connectivity index (χ0n) is 13.4. The van der Waals surface area contributed by atoms with E-state index in [-0.39, 0.29) is 15.7 Å². The Labute approximate surface area is 159 Å². The molecule has 0 aliphatic heterocycles. The average molecular weight is 448 g/mol. The molecule has 2 aromatic rings. The second-order valence-electron chi connectivity index (χ2n) is 5.11. The lowest BCUT2D eigenvalue weighted by Gasteiger charge is -2.16. The number of sulfonamides is 1. The topological polar surface area (TPSA) is 84.5 Å². The Kier molecular flexibility index (Phi) is 6.45. The van der Waals surface area contributed by atoms with Crippen molar-refractivity contribution in [1.29, 1.82) is 0 Å². The van der Waals surface area contributed by atoms with Gasteiger partial charge in [0.15, 0.2) is 0 Å². The summed E-state index contributed by atoms with van der Waals surface area (Å²) < 4.78 is 33.2.